The Balaban J connectivity index is 3.84. The number of hydrogen-bond donors (Lipinski definition) is 2. The molecular formula is C13H24N2O3. The van der Waals surface area contributed by atoms with Crippen LogP contribution in [0.4, 0.5) is 0 Å². The molecule has 0 radical (unpaired) electrons. The summed E-state index contributed by atoms with van der Waals surface area (Å²) in [4.78, 5) is 21.7. The van der Waals surface area contributed by atoms with Crippen molar-refractivity contribution < 1.29 is 14.3 Å². The van der Waals surface area contributed by atoms with Crippen LogP contribution in [0, 0.1) is 0 Å². The van der Waals surface area contributed by atoms with E-state index in [4.69, 9.17) is 10.5 Å². The molecule has 3 N–H and O–H groups in total. The summed E-state index contributed by atoms with van der Waals surface area (Å²) in [5.41, 5.74) is 5.28. The van der Waals surface area contributed by atoms with Crippen molar-refractivity contribution in [3.05, 3.63) is 12.2 Å². The summed E-state index contributed by atoms with van der Waals surface area (Å²) >= 11 is 0. The van der Waals surface area contributed by atoms with E-state index in [1.165, 1.54) is 6.92 Å². The van der Waals surface area contributed by atoms with Gasteiger partial charge >= 0.3 is 5.97 Å². The molecule has 0 saturated heterocycles. The summed E-state index contributed by atoms with van der Waals surface area (Å²) in [6, 6.07) is -0.445. The summed E-state index contributed by atoms with van der Waals surface area (Å²) in [5, 5.41) is 3.08. The smallest absolute Gasteiger partial charge is 0.302 e. The van der Waals surface area contributed by atoms with Crippen LogP contribution < -0.4 is 11.1 Å². The fourth-order valence-corrected chi connectivity index (χ4v) is 1.40. The Morgan fingerprint density at radius 2 is 2.11 bits per heavy atom. The average molecular weight is 256 g/mol. The van der Waals surface area contributed by atoms with Crippen LogP contribution >= 0.6 is 0 Å². The number of carbonyl (C=O) groups is 2. The van der Waals surface area contributed by atoms with E-state index in [-0.39, 0.29) is 5.97 Å². The molecule has 1 amide bonds. The van der Waals surface area contributed by atoms with E-state index in [0.29, 0.717) is 13.0 Å². The molecule has 1 unspecified atom stereocenters. The predicted octanol–water partition coefficient (Wildman–Crippen LogP) is 1.13. The lowest BCUT2D eigenvalue weighted by atomic mass is 10.2. The number of primary amides is 1. The van der Waals surface area contributed by atoms with Gasteiger partial charge in [-0.15, -0.1) is 0 Å². The lowest BCUT2D eigenvalue weighted by molar-refractivity contribution is -0.140. The van der Waals surface area contributed by atoms with Gasteiger partial charge in [-0.25, -0.2) is 0 Å². The SMILES string of the molecule is CCCCCNC(/C=C/CCOC(C)=O)C(N)=O. The summed E-state index contributed by atoms with van der Waals surface area (Å²) in [6.07, 6.45) is 7.40. The summed E-state index contributed by atoms with van der Waals surface area (Å²) in [5.74, 6) is -0.692. The Hall–Kier alpha value is -1.36. The van der Waals surface area contributed by atoms with E-state index in [0.717, 1.165) is 25.8 Å². The lowest BCUT2D eigenvalue weighted by Gasteiger charge is -2.10. The molecule has 1 atom stereocenters. The predicted molar refractivity (Wildman–Crippen MR) is 70.9 cm³/mol. The Bertz CT molecular complexity index is 277. The highest BCUT2D eigenvalue weighted by molar-refractivity contribution is 5.81. The fourth-order valence-electron chi connectivity index (χ4n) is 1.40. The van der Waals surface area contributed by atoms with Gasteiger partial charge in [0, 0.05) is 6.92 Å². The highest BCUT2D eigenvalue weighted by Crippen LogP contribution is 1.95. The molecule has 0 rings (SSSR count). The third-order valence-electron chi connectivity index (χ3n) is 2.37. The van der Waals surface area contributed by atoms with E-state index in [1.54, 1.807) is 12.2 Å². The van der Waals surface area contributed by atoms with Gasteiger partial charge in [-0.05, 0) is 19.4 Å². The molecule has 18 heavy (non-hydrogen) atoms. The van der Waals surface area contributed by atoms with Crippen LogP contribution in [0.25, 0.3) is 0 Å². The van der Waals surface area contributed by atoms with Gasteiger partial charge < -0.3 is 15.8 Å². The minimum atomic E-state index is -0.445. The number of carbonyl (C=O) groups excluding carboxylic acids is 2. The molecule has 0 fully saturated rings. The van der Waals surface area contributed by atoms with Crippen LogP contribution in [0.5, 0.6) is 0 Å². The first-order valence-electron chi connectivity index (χ1n) is 6.40. The number of esters is 1. The number of nitrogens with one attached hydrogen (secondary N) is 1. The van der Waals surface area contributed by atoms with Crippen LogP contribution in [0.3, 0.4) is 0 Å². The average Bonchev–Trinajstić information content (AvgIpc) is 2.30. The van der Waals surface area contributed by atoms with Crippen molar-refractivity contribution in [1.29, 1.82) is 0 Å². The van der Waals surface area contributed by atoms with Gasteiger partial charge in [0.2, 0.25) is 5.91 Å². The molecule has 0 aliphatic carbocycles. The van der Waals surface area contributed by atoms with Gasteiger partial charge in [0.1, 0.15) is 6.04 Å². The zero-order valence-corrected chi connectivity index (χ0v) is 11.3. The van der Waals surface area contributed by atoms with Gasteiger partial charge in [0.25, 0.3) is 0 Å². The highest BCUT2D eigenvalue weighted by atomic mass is 16.5. The number of unbranched alkanes of at least 4 members (excludes halogenated alkanes) is 2. The number of ether oxygens (including phenoxy) is 1. The molecule has 104 valence electrons. The monoisotopic (exact) mass is 256 g/mol. The van der Waals surface area contributed by atoms with Crippen molar-refractivity contribution in [2.75, 3.05) is 13.2 Å². The van der Waals surface area contributed by atoms with Crippen molar-refractivity contribution in [2.24, 2.45) is 5.73 Å². The maximum absolute atomic E-state index is 11.2. The quantitative estimate of drug-likeness (QED) is 0.349. The standard InChI is InChI=1S/C13H24N2O3/c1-3-4-6-9-15-12(13(14)17)8-5-7-10-18-11(2)16/h5,8,12,15H,3-4,6-7,9-10H2,1-2H3,(H2,14,17)/b8-5+. The Morgan fingerprint density at radius 3 is 2.67 bits per heavy atom. The zero-order chi connectivity index (χ0) is 13.8. The molecule has 0 heterocycles. The van der Waals surface area contributed by atoms with Gasteiger partial charge in [0.05, 0.1) is 6.61 Å². The van der Waals surface area contributed by atoms with E-state index in [1.807, 2.05) is 0 Å². The van der Waals surface area contributed by atoms with Crippen molar-refractivity contribution in [3.8, 4) is 0 Å². The molecule has 0 aliphatic rings. The number of amides is 1. The van der Waals surface area contributed by atoms with Gasteiger partial charge in [-0.3, -0.25) is 9.59 Å². The van der Waals surface area contributed by atoms with E-state index < -0.39 is 11.9 Å². The fraction of sp³-hybridized carbons (Fsp3) is 0.692. The first-order valence-corrected chi connectivity index (χ1v) is 6.40. The molecule has 0 spiro atoms. The second-order valence-corrected chi connectivity index (χ2v) is 4.10. The first-order chi connectivity index (χ1) is 8.57. The molecule has 5 heteroatoms. The van der Waals surface area contributed by atoms with Crippen molar-refractivity contribution >= 4 is 11.9 Å². The van der Waals surface area contributed by atoms with Crippen LogP contribution in [0.2, 0.25) is 0 Å². The Morgan fingerprint density at radius 1 is 1.39 bits per heavy atom. The van der Waals surface area contributed by atoms with Crippen LogP contribution in [-0.2, 0) is 14.3 Å². The minimum absolute atomic E-state index is 0.299. The van der Waals surface area contributed by atoms with Gasteiger partial charge in [0.15, 0.2) is 0 Å². The second kappa shape index (κ2) is 10.8. The third kappa shape index (κ3) is 9.84. The highest BCUT2D eigenvalue weighted by Gasteiger charge is 2.09. The largest absolute Gasteiger partial charge is 0.466 e. The molecule has 0 aliphatic heterocycles. The Labute approximate surface area is 109 Å². The van der Waals surface area contributed by atoms with Gasteiger partial charge in [-0.2, -0.15) is 0 Å². The molecule has 0 aromatic heterocycles. The topological polar surface area (TPSA) is 81.4 Å². The summed E-state index contributed by atoms with van der Waals surface area (Å²) in [7, 11) is 0. The molecular weight excluding hydrogens is 232 g/mol. The van der Waals surface area contributed by atoms with Crippen LogP contribution in [0.15, 0.2) is 12.2 Å². The van der Waals surface area contributed by atoms with Crippen LogP contribution in [0.1, 0.15) is 39.5 Å². The molecule has 0 saturated carbocycles. The molecule has 5 nitrogen and oxygen atoms in total. The maximum atomic E-state index is 11.2. The van der Waals surface area contributed by atoms with E-state index in [9.17, 15) is 9.59 Å². The second-order valence-electron chi connectivity index (χ2n) is 4.10. The third-order valence-corrected chi connectivity index (χ3v) is 2.37. The van der Waals surface area contributed by atoms with Crippen molar-refractivity contribution in [3.63, 3.8) is 0 Å². The first kappa shape index (κ1) is 16.6. The van der Waals surface area contributed by atoms with E-state index >= 15 is 0 Å². The molecule has 0 bridgehead atoms. The summed E-state index contributed by atoms with van der Waals surface area (Å²) in [6.45, 7) is 4.59. The van der Waals surface area contributed by atoms with Gasteiger partial charge in [-0.1, -0.05) is 31.9 Å². The molecule has 0 aromatic rings. The van der Waals surface area contributed by atoms with Crippen molar-refractivity contribution in [1.82, 2.24) is 5.32 Å². The minimum Gasteiger partial charge on any atom is -0.466 e. The number of hydrogen-bond acceptors (Lipinski definition) is 4. The summed E-state index contributed by atoms with van der Waals surface area (Å²) < 4.78 is 4.77. The maximum Gasteiger partial charge on any atom is 0.302 e. The Kier molecular flexibility index (Phi) is 9.96. The molecule has 0 aromatic carbocycles. The number of nitrogens with two attached hydrogens (primary N) is 1. The normalized spacial score (nSPS) is 12.6. The zero-order valence-electron chi connectivity index (χ0n) is 11.3. The van der Waals surface area contributed by atoms with E-state index in [2.05, 4.69) is 12.2 Å². The van der Waals surface area contributed by atoms with Crippen molar-refractivity contribution in [2.45, 2.75) is 45.6 Å². The number of rotatable bonds is 10. The van der Waals surface area contributed by atoms with Crippen LogP contribution in [-0.4, -0.2) is 31.1 Å². The lowest BCUT2D eigenvalue weighted by Crippen LogP contribution is -2.40.